The van der Waals surface area contributed by atoms with Gasteiger partial charge in [-0.15, -0.1) is 0 Å². The van der Waals surface area contributed by atoms with Crippen LogP contribution in [0, 0.1) is 5.92 Å². The largest absolute Gasteiger partial charge is 0.497 e. The average molecular weight is 408 g/mol. The van der Waals surface area contributed by atoms with E-state index in [-0.39, 0.29) is 11.1 Å². The monoisotopic (exact) mass is 407 g/mol. The number of hydrogen-bond donors (Lipinski definition) is 1. The highest BCUT2D eigenvalue weighted by atomic mass is 16.5. The molecule has 0 radical (unpaired) electrons. The van der Waals surface area contributed by atoms with Crippen molar-refractivity contribution in [3.8, 4) is 11.4 Å². The van der Waals surface area contributed by atoms with Crippen molar-refractivity contribution < 1.29 is 9.47 Å². The Morgan fingerprint density at radius 1 is 1.17 bits per heavy atom. The molecule has 4 aliphatic rings. The zero-order valence-electron chi connectivity index (χ0n) is 18.0. The van der Waals surface area contributed by atoms with E-state index in [1.807, 2.05) is 6.07 Å². The third-order valence-electron chi connectivity index (χ3n) is 8.08. The smallest absolute Gasteiger partial charge is 0.121 e. The van der Waals surface area contributed by atoms with E-state index in [4.69, 9.17) is 9.47 Å². The Labute approximate surface area is 179 Å². The second kappa shape index (κ2) is 7.03. The number of anilines is 1. The molecular formula is C25H33N3O2. The van der Waals surface area contributed by atoms with Crippen LogP contribution in [-0.4, -0.2) is 48.4 Å². The lowest BCUT2D eigenvalue weighted by Crippen LogP contribution is -2.47. The summed E-state index contributed by atoms with van der Waals surface area (Å²) >= 11 is 0. The van der Waals surface area contributed by atoms with Gasteiger partial charge in [0.2, 0.25) is 0 Å². The van der Waals surface area contributed by atoms with Gasteiger partial charge in [-0.2, -0.15) is 0 Å². The molecule has 5 nitrogen and oxygen atoms in total. The fraction of sp³-hybridized carbons (Fsp3) is 0.600. The van der Waals surface area contributed by atoms with Gasteiger partial charge in [-0.1, -0.05) is 12.8 Å². The molecule has 2 aromatic rings. The first-order chi connectivity index (χ1) is 14.7. The standard InChI is InChI=1S/C25H33N3O2/c1-29-20-8-9-22-21(15-20)26-25(23-7-4-12-28(22)23)17-24(30-18-25)10-13-27(14-11-24)16-19-5-2-3-6-19/h4,7-9,12,15,19,26H,2-3,5-6,10-11,13-14,16-18H2,1H3. The van der Waals surface area contributed by atoms with Crippen LogP contribution in [0.5, 0.6) is 5.75 Å². The summed E-state index contributed by atoms with van der Waals surface area (Å²) in [5.74, 6) is 1.82. The fourth-order valence-corrected chi connectivity index (χ4v) is 6.45. The summed E-state index contributed by atoms with van der Waals surface area (Å²) in [6.07, 6.45) is 11.3. The lowest BCUT2D eigenvalue weighted by atomic mass is 9.79. The number of aromatic nitrogens is 1. The van der Waals surface area contributed by atoms with Crippen molar-refractivity contribution in [1.29, 1.82) is 0 Å². The molecule has 3 fully saturated rings. The molecule has 4 heterocycles. The summed E-state index contributed by atoms with van der Waals surface area (Å²) in [6, 6.07) is 10.7. The Morgan fingerprint density at radius 2 is 2.00 bits per heavy atom. The topological polar surface area (TPSA) is 38.7 Å². The Morgan fingerprint density at radius 3 is 2.80 bits per heavy atom. The van der Waals surface area contributed by atoms with Crippen molar-refractivity contribution in [2.75, 3.05) is 38.7 Å². The first-order valence-electron chi connectivity index (χ1n) is 11.7. The molecule has 1 atom stereocenters. The van der Waals surface area contributed by atoms with E-state index < -0.39 is 0 Å². The van der Waals surface area contributed by atoms with Gasteiger partial charge in [0.25, 0.3) is 0 Å². The Balaban J connectivity index is 1.22. The SMILES string of the molecule is COc1ccc2c(c1)NC1(COC3(CCN(CC4CCCC4)CC3)C1)c1cccn1-2. The van der Waals surface area contributed by atoms with E-state index in [2.05, 4.69) is 45.2 Å². The second-order valence-electron chi connectivity index (χ2n) is 9.95. The third kappa shape index (κ3) is 2.97. The van der Waals surface area contributed by atoms with Crippen LogP contribution in [0.15, 0.2) is 36.5 Å². The maximum absolute atomic E-state index is 6.66. The summed E-state index contributed by atoms with van der Waals surface area (Å²) in [5.41, 5.74) is 3.50. The molecule has 1 saturated carbocycles. The lowest BCUT2D eigenvalue weighted by molar-refractivity contribution is -0.0457. The average Bonchev–Trinajstić information content (AvgIpc) is 3.52. The summed E-state index contributed by atoms with van der Waals surface area (Å²) < 4.78 is 14.5. The van der Waals surface area contributed by atoms with Crippen molar-refractivity contribution >= 4 is 5.69 Å². The van der Waals surface area contributed by atoms with Crippen molar-refractivity contribution in [1.82, 2.24) is 9.47 Å². The minimum Gasteiger partial charge on any atom is -0.497 e. The van der Waals surface area contributed by atoms with Crippen molar-refractivity contribution in [2.45, 2.75) is 56.1 Å². The molecule has 1 unspecified atom stereocenters. The summed E-state index contributed by atoms with van der Waals surface area (Å²) in [7, 11) is 1.73. The molecule has 2 saturated heterocycles. The molecule has 3 aliphatic heterocycles. The number of benzene rings is 1. The molecule has 1 aromatic carbocycles. The molecule has 5 heteroatoms. The predicted molar refractivity (Wildman–Crippen MR) is 119 cm³/mol. The quantitative estimate of drug-likeness (QED) is 0.810. The molecular weight excluding hydrogens is 374 g/mol. The second-order valence-corrected chi connectivity index (χ2v) is 9.95. The predicted octanol–water partition coefficient (Wildman–Crippen LogP) is 4.55. The van der Waals surface area contributed by atoms with E-state index in [1.165, 1.54) is 56.7 Å². The first-order valence-corrected chi connectivity index (χ1v) is 11.7. The fourth-order valence-electron chi connectivity index (χ4n) is 6.45. The maximum Gasteiger partial charge on any atom is 0.121 e. The minimum atomic E-state index is -0.156. The van der Waals surface area contributed by atoms with Crippen LogP contribution >= 0.6 is 0 Å². The zero-order valence-corrected chi connectivity index (χ0v) is 18.0. The normalized spacial score (nSPS) is 27.9. The molecule has 1 aliphatic carbocycles. The van der Waals surface area contributed by atoms with Crippen LogP contribution < -0.4 is 10.1 Å². The van der Waals surface area contributed by atoms with Crippen molar-refractivity contribution in [3.05, 3.63) is 42.2 Å². The van der Waals surface area contributed by atoms with E-state index in [9.17, 15) is 0 Å². The number of rotatable bonds is 3. The van der Waals surface area contributed by atoms with Gasteiger partial charge in [-0.25, -0.2) is 0 Å². The van der Waals surface area contributed by atoms with Gasteiger partial charge in [0.05, 0.1) is 36.4 Å². The minimum absolute atomic E-state index is 0.00461. The summed E-state index contributed by atoms with van der Waals surface area (Å²) in [6.45, 7) is 4.39. The third-order valence-corrected chi connectivity index (χ3v) is 8.08. The highest BCUT2D eigenvalue weighted by molar-refractivity contribution is 5.69. The van der Waals surface area contributed by atoms with Gasteiger partial charge in [-0.05, 0) is 55.9 Å². The molecule has 160 valence electrons. The number of fused-ring (bicyclic) bond motifs is 4. The highest BCUT2D eigenvalue weighted by Crippen LogP contribution is 2.50. The van der Waals surface area contributed by atoms with Crippen LogP contribution in [0.3, 0.4) is 0 Å². The van der Waals surface area contributed by atoms with Crippen LogP contribution in [0.2, 0.25) is 0 Å². The van der Waals surface area contributed by atoms with E-state index in [0.29, 0.717) is 0 Å². The highest BCUT2D eigenvalue weighted by Gasteiger charge is 2.54. The Kier molecular flexibility index (Phi) is 4.40. The van der Waals surface area contributed by atoms with Crippen molar-refractivity contribution in [2.24, 2.45) is 5.92 Å². The number of nitrogens with one attached hydrogen (secondary N) is 1. The maximum atomic E-state index is 6.66. The molecule has 1 aromatic heterocycles. The van der Waals surface area contributed by atoms with Gasteiger partial charge in [0.1, 0.15) is 11.3 Å². The number of ether oxygens (including phenoxy) is 2. The van der Waals surface area contributed by atoms with Crippen molar-refractivity contribution in [3.63, 3.8) is 0 Å². The van der Waals surface area contributed by atoms with Crippen LogP contribution in [-0.2, 0) is 10.3 Å². The van der Waals surface area contributed by atoms with Gasteiger partial charge in [0.15, 0.2) is 0 Å². The zero-order chi connectivity index (χ0) is 20.2. The number of piperidine rings is 1. The Bertz CT molecular complexity index is 924. The number of hydrogen-bond acceptors (Lipinski definition) is 4. The molecule has 0 amide bonds. The van der Waals surface area contributed by atoms with E-state index >= 15 is 0 Å². The van der Waals surface area contributed by atoms with Gasteiger partial charge in [-0.3, -0.25) is 0 Å². The van der Waals surface area contributed by atoms with Gasteiger partial charge in [0, 0.05) is 38.3 Å². The van der Waals surface area contributed by atoms with Gasteiger partial charge >= 0.3 is 0 Å². The lowest BCUT2D eigenvalue weighted by Gasteiger charge is -2.42. The number of likely N-dealkylation sites (tertiary alicyclic amines) is 1. The molecule has 2 spiro atoms. The number of methoxy groups -OCH3 is 1. The van der Waals surface area contributed by atoms with E-state index in [0.717, 1.165) is 43.2 Å². The summed E-state index contributed by atoms with van der Waals surface area (Å²) in [5, 5.41) is 3.89. The van der Waals surface area contributed by atoms with Gasteiger partial charge < -0.3 is 24.3 Å². The van der Waals surface area contributed by atoms with E-state index in [1.54, 1.807) is 7.11 Å². The molecule has 0 bridgehead atoms. The molecule has 6 rings (SSSR count). The Hall–Kier alpha value is -1.98. The van der Waals surface area contributed by atoms with Crippen LogP contribution in [0.4, 0.5) is 5.69 Å². The molecule has 30 heavy (non-hydrogen) atoms. The van der Waals surface area contributed by atoms with Crippen LogP contribution in [0.25, 0.3) is 5.69 Å². The molecule has 1 N–H and O–H groups in total. The number of nitrogens with zero attached hydrogens (tertiary/aromatic N) is 2. The first kappa shape index (κ1) is 18.8. The summed E-state index contributed by atoms with van der Waals surface area (Å²) in [4.78, 5) is 2.70. The van der Waals surface area contributed by atoms with Crippen LogP contribution in [0.1, 0.15) is 50.6 Å².